The minimum Gasteiger partial charge on any atom is -0.335 e. The topological polar surface area (TPSA) is 20.3 Å². The Hall–Kier alpha value is -1.61. The van der Waals surface area contributed by atoms with Gasteiger partial charge in [-0.2, -0.15) is 0 Å². The van der Waals surface area contributed by atoms with Gasteiger partial charge in [-0.05, 0) is 51.3 Å². The van der Waals surface area contributed by atoms with Crippen molar-refractivity contribution in [3.8, 4) is 0 Å². The highest BCUT2D eigenvalue weighted by Crippen LogP contribution is 2.33. The summed E-state index contributed by atoms with van der Waals surface area (Å²) in [5, 5.41) is 0. The lowest BCUT2D eigenvalue weighted by Crippen LogP contribution is -2.31. The van der Waals surface area contributed by atoms with Gasteiger partial charge >= 0.3 is 0 Å². The predicted octanol–water partition coefficient (Wildman–Crippen LogP) is 4.58. The Morgan fingerprint density at radius 1 is 1.18 bits per heavy atom. The summed E-state index contributed by atoms with van der Waals surface area (Å²) in [5.41, 5.74) is 3.86. The number of aryl methyl sites for hydroxylation is 3. The van der Waals surface area contributed by atoms with Crippen LogP contribution in [-0.2, 0) is 11.2 Å². The number of hydrogen-bond acceptors (Lipinski definition) is 2. The van der Waals surface area contributed by atoms with Gasteiger partial charge in [0, 0.05) is 16.3 Å². The molecule has 0 aliphatic carbocycles. The van der Waals surface area contributed by atoms with Crippen LogP contribution in [0.15, 0.2) is 30.3 Å². The highest BCUT2D eigenvalue weighted by Gasteiger charge is 2.30. The van der Waals surface area contributed by atoms with Gasteiger partial charge in [0.2, 0.25) is 5.91 Å². The fraction of sp³-hybridized carbons (Fsp3) is 0.421. The monoisotopic (exact) mass is 313 g/mol. The second-order valence-electron chi connectivity index (χ2n) is 6.36. The number of thiophene rings is 1. The molecule has 1 fully saturated rings. The number of likely N-dealkylation sites (tertiary alicyclic amines) is 1. The molecule has 22 heavy (non-hydrogen) atoms. The number of amides is 1. The van der Waals surface area contributed by atoms with E-state index in [4.69, 9.17) is 0 Å². The maximum Gasteiger partial charge on any atom is 0.228 e. The summed E-state index contributed by atoms with van der Waals surface area (Å²) in [6, 6.07) is 11.1. The van der Waals surface area contributed by atoms with E-state index in [-0.39, 0.29) is 11.9 Å². The first-order valence-corrected chi connectivity index (χ1v) is 8.77. The first-order valence-electron chi connectivity index (χ1n) is 7.96. The van der Waals surface area contributed by atoms with Crippen LogP contribution in [-0.4, -0.2) is 17.4 Å². The van der Waals surface area contributed by atoms with E-state index in [2.05, 4.69) is 56.0 Å². The van der Waals surface area contributed by atoms with Crippen LogP contribution in [0.3, 0.4) is 0 Å². The van der Waals surface area contributed by atoms with E-state index in [1.807, 2.05) is 0 Å². The summed E-state index contributed by atoms with van der Waals surface area (Å²) in [5.74, 6) is 0.267. The fourth-order valence-electron chi connectivity index (χ4n) is 3.44. The molecule has 2 aromatic rings. The molecule has 1 aromatic carbocycles. The summed E-state index contributed by atoms with van der Waals surface area (Å²) >= 11 is 1.73. The molecule has 1 aliphatic heterocycles. The van der Waals surface area contributed by atoms with E-state index in [1.165, 1.54) is 26.4 Å². The normalized spacial score (nSPS) is 18.0. The molecular formula is C19H23NOS. The maximum absolute atomic E-state index is 12.7. The van der Waals surface area contributed by atoms with Crippen molar-refractivity contribution in [2.75, 3.05) is 6.54 Å². The van der Waals surface area contributed by atoms with E-state index in [9.17, 15) is 4.79 Å². The minimum absolute atomic E-state index is 0.257. The van der Waals surface area contributed by atoms with Gasteiger partial charge < -0.3 is 4.90 Å². The van der Waals surface area contributed by atoms with Crippen molar-refractivity contribution >= 4 is 17.2 Å². The smallest absolute Gasteiger partial charge is 0.228 e. The van der Waals surface area contributed by atoms with Crippen LogP contribution >= 0.6 is 11.3 Å². The molecule has 116 valence electrons. The van der Waals surface area contributed by atoms with Crippen molar-refractivity contribution in [1.29, 1.82) is 0 Å². The zero-order valence-electron chi connectivity index (χ0n) is 13.6. The van der Waals surface area contributed by atoms with Crippen LogP contribution in [0, 0.1) is 20.8 Å². The molecule has 2 nitrogen and oxygen atoms in total. The summed E-state index contributed by atoms with van der Waals surface area (Å²) in [6.07, 6.45) is 2.73. The Balaban J connectivity index is 1.79. The Morgan fingerprint density at radius 3 is 2.55 bits per heavy atom. The standard InChI is InChI=1S/C19H23NOS/c1-13-9-14(2)11-16(10-13)18-5-4-8-20(18)19(21)12-17-7-6-15(3)22-17/h6-7,9-11,18H,4-5,8,12H2,1-3H3. The summed E-state index contributed by atoms with van der Waals surface area (Å²) in [6.45, 7) is 7.24. The Bertz CT molecular complexity index is 668. The van der Waals surface area contributed by atoms with Crippen molar-refractivity contribution in [3.05, 3.63) is 56.8 Å². The van der Waals surface area contributed by atoms with E-state index in [0.29, 0.717) is 6.42 Å². The third kappa shape index (κ3) is 3.25. The molecule has 0 radical (unpaired) electrons. The molecule has 1 aliphatic rings. The third-order valence-corrected chi connectivity index (χ3v) is 5.32. The molecule has 1 atom stereocenters. The molecule has 0 spiro atoms. The maximum atomic E-state index is 12.7. The molecule has 2 heterocycles. The SMILES string of the molecule is Cc1cc(C)cc(C2CCCN2C(=O)Cc2ccc(C)s2)c1. The van der Waals surface area contributed by atoms with Crippen molar-refractivity contribution < 1.29 is 4.79 Å². The number of nitrogens with zero attached hydrogens (tertiary/aromatic N) is 1. The van der Waals surface area contributed by atoms with Gasteiger partial charge in [-0.15, -0.1) is 11.3 Å². The van der Waals surface area contributed by atoms with Gasteiger partial charge in [0.25, 0.3) is 0 Å². The highest BCUT2D eigenvalue weighted by molar-refractivity contribution is 7.12. The summed E-state index contributed by atoms with van der Waals surface area (Å²) in [7, 11) is 0. The van der Waals surface area contributed by atoms with Crippen LogP contribution in [0.5, 0.6) is 0 Å². The largest absolute Gasteiger partial charge is 0.335 e. The predicted molar refractivity (Wildman–Crippen MR) is 92.4 cm³/mol. The van der Waals surface area contributed by atoms with Gasteiger partial charge in [0.1, 0.15) is 0 Å². The second-order valence-corrected chi connectivity index (χ2v) is 7.73. The molecular weight excluding hydrogens is 290 g/mol. The number of benzene rings is 1. The zero-order chi connectivity index (χ0) is 15.7. The Morgan fingerprint density at radius 2 is 1.91 bits per heavy atom. The van der Waals surface area contributed by atoms with Crippen LogP contribution in [0.25, 0.3) is 0 Å². The molecule has 0 N–H and O–H groups in total. The number of hydrogen-bond donors (Lipinski definition) is 0. The zero-order valence-corrected chi connectivity index (χ0v) is 14.4. The number of carbonyl (C=O) groups excluding carboxylic acids is 1. The lowest BCUT2D eigenvalue weighted by molar-refractivity contribution is -0.131. The minimum atomic E-state index is 0.257. The van der Waals surface area contributed by atoms with Gasteiger partial charge in [-0.1, -0.05) is 29.3 Å². The van der Waals surface area contributed by atoms with E-state index >= 15 is 0 Å². The third-order valence-electron chi connectivity index (χ3n) is 4.32. The van der Waals surface area contributed by atoms with E-state index < -0.39 is 0 Å². The van der Waals surface area contributed by atoms with Gasteiger partial charge in [0.15, 0.2) is 0 Å². The molecule has 1 aromatic heterocycles. The van der Waals surface area contributed by atoms with Crippen LogP contribution in [0.2, 0.25) is 0 Å². The lowest BCUT2D eigenvalue weighted by atomic mass is 9.99. The van der Waals surface area contributed by atoms with Gasteiger partial charge in [0.05, 0.1) is 12.5 Å². The quantitative estimate of drug-likeness (QED) is 0.812. The fourth-order valence-corrected chi connectivity index (χ4v) is 4.33. The number of rotatable bonds is 3. The molecule has 3 heteroatoms. The Labute approximate surface area is 136 Å². The molecule has 1 amide bonds. The van der Waals surface area contributed by atoms with Crippen molar-refractivity contribution in [2.45, 2.75) is 46.1 Å². The van der Waals surface area contributed by atoms with E-state index in [1.54, 1.807) is 11.3 Å². The number of carbonyl (C=O) groups is 1. The Kier molecular flexibility index (Phi) is 4.34. The van der Waals surface area contributed by atoms with E-state index in [0.717, 1.165) is 19.4 Å². The molecule has 1 unspecified atom stereocenters. The molecule has 0 saturated carbocycles. The van der Waals surface area contributed by atoms with Gasteiger partial charge in [-0.25, -0.2) is 0 Å². The van der Waals surface area contributed by atoms with Crippen LogP contribution in [0.4, 0.5) is 0 Å². The van der Waals surface area contributed by atoms with Crippen LogP contribution < -0.4 is 0 Å². The lowest BCUT2D eigenvalue weighted by Gasteiger charge is -2.25. The van der Waals surface area contributed by atoms with Gasteiger partial charge in [-0.3, -0.25) is 4.79 Å². The molecule has 1 saturated heterocycles. The molecule has 3 rings (SSSR count). The van der Waals surface area contributed by atoms with Crippen molar-refractivity contribution in [1.82, 2.24) is 4.90 Å². The summed E-state index contributed by atoms with van der Waals surface area (Å²) in [4.78, 5) is 17.2. The van der Waals surface area contributed by atoms with Crippen molar-refractivity contribution in [3.63, 3.8) is 0 Å². The average molecular weight is 313 g/mol. The first-order chi connectivity index (χ1) is 10.5. The second kappa shape index (κ2) is 6.25. The average Bonchev–Trinajstić information content (AvgIpc) is 3.06. The highest BCUT2D eigenvalue weighted by atomic mass is 32.1. The molecule has 0 bridgehead atoms. The van der Waals surface area contributed by atoms with Crippen molar-refractivity contribution in [2.24, 2.45) is 0 Å². The summed E-state index contributed by atoms with van der Waals surface area (Å²) < 4.78 is 0. The first kappa shape index (κ1) is 15.3. The van der Waals surface area contributed by atoms with Crippen LogP contribution in [0.1, 0.15) is 45.3 Å².